The summed E-state index contributed by atoms with van der Waals surface area (Å²) in [7, 11) is -3.33. The number of hydrogen-bond acceptors (Lipinski definition) is 3. The number of nitrogens with zero attached hydrogens (tertiary/aromatic N) is 1. The first-order valence-corrected chi connectivity index (χ1v) is 5.93. The van der Waals surface area contributed by atoms with Crippen LogP contribution in [0.2, 0.25) is 0 Å². The van der Waals surface area contributed by atoms with Crippen LogP contribution in [0.3, 0.4) is 0 Å². The largest absolute Gasteiger partial charge is 0.392 e. The number of aliphatic hydroxyl groups excluding tert-OH is 1. The average Bonchev–Trinajstić information content (AvgIpc) is 2.49. The summed E-state index contributed by atoms with van der Waals surface area (Å²) in [6.45, 7) is 3.00. The number of nitrogens with one attached hydrogen (secondary N) is 1. The maximum atomic E-state index is 11.4. The van der Waals surface area contributed by atoms with E-state index in [0.29, 0.717) is 19.5 Å². The zero-order valence-electron chi connectivity index (χ0n) is 7.73. The molecule has 1 saturated heterocycles. The van der Waals surface area contributed by atoms with Crippen molar-refractivity contribution in [2.75, 3.05) is 19.6 Å². The van der Waals surface area contributed by atoms with Gasteiger partial charge in [-0.15, -0.1) is 0 Å². The van der Waals surface area contributed by atoms with Crippen LogP contribution in [0.4, 0.5) is 0 Å². The summed E-state index contributed by atoms with van der Waals surface area (Å²) >= 11 is 0. The highest BCUT2D eigenvalue weighted by molar-refractivity contribution is 7.87. The van der Waals surface area contributed by atoms with Gasteiger partial charge in [-0.2, -0.15) is 12.7 Å². The minimum Gasteiger partial charge on any atom is -0.392 e. The van der Waals surface area contributed by atoms with Gasteiger partial charge in [0.1, 0.15) is 0 Å². The molecule has 0 amide bonds. The molecule has 78 valence electrons. The maximum absolute atomic E-state index is 11.4. The van der Waals surface area contributed by atoms with Crippen molar-refractivity contribution in [2.45, 2.75) is 25.9 Å². The molecule has 1 fully saturated rings. The molecule has 1 heterocycles. The van der Waals surface area contributed by atoms with Gasteiger partial charge in [0.05, 0.1) is 6.10 Å². The summed E-state index contributed by atoms with van der Waals surface area (Å²) in [4.78, 5) is 0. The van der Waals surface area contributed by atoms with Crippen LogP contribution in [0.5, 0.6) is 0 Å². The van der Waals surface area contributed by atoms with E-state index in [0.717, 1.165) is 6.42 Å². The first kappa shape index (κ1) is 10.9. The molecule has 0 aliphatic carbocycles. The van der Waals surface area contributed by atoms with Crippen molar-refractivity contribution in [1.82, 2.24) is 9.03 Å². The van der Waals surface area contributed by atoms with Crippen LogP contribution >= 0.6 is 0 Å². The SMILES string of the molecule is CCCNS(=O)(=O)N1CC[C@@H](O)C1. The van der Waals surface area contributed by atoms with Crippen molar-refractivity contribution in [3.63, 3.8) is 0 Å². The first-order valence-electron chi connectivity index (χ1n) is 4.49. The van der Waals surface area contributed by atoms with Gasteiger partial charge in [0, 0.05) is 19.6 Å². The van der Waals surface area contributed by atoms with E-state index >= 15 is 0 Å². The van der Waals surface area contributed by atoms with Gasteiger partial charge < -0.3 is 5.11 Å². The van der Waals surface area contributed by atoms with E-state index in [2.05, 4.69) is 4.72 Å². The maximum Gasteiger partial charge on any atom is 0.279 e. The smallest absolute Gasteiger partial charge is 0.279 e. The fourth-order valence-electron chi connectivity index (χ4n) is 1.25. The fourth-order valence-corrected chi connectivity index (χ4v) is 2.61. The molecule has 2 N–H and O–H groups in total. The van der Waals surface area contributed by atoms with Gasteiger partial charge in [-0.3, -0.25) is 0 Å². The molecule has 0 unspecified atom stereocenters. The Morgan fingerprint density at radius 2 is 2.31 bits per heavy atom. The Hall–Kier alpha value is -0.170. The second-order valence-corrected chi connectivity index (χ2v) is 4.96. The molecule has 5 nitrogen and oxygen atoms in total. The highest BCUT2D eigenvalue weighted by Crippen LogP contribution is 2.11. The van der Waals surface area contributed by atoms with Crippen molar-refractivity contribution < 1.29 is 13.5 Å². The van der Waals surface area contributed by atoms with Crippen molar-refractivity contribution in [3.8, 4) is 0 Å². The second kappa shape index (κ2) is 4.36. The fraction of sp³-hybridized carbons (Fsp3) is 1.00. The molecule has 6 heteroatoms. The molecule has 0 aromatic carbocycles. The van der Waals surface area contributed by atoms with E-state index in [1.54, 1.807) is 0 Å². The summed E-state index contributed by atoms with van der Waals surface area (Å²) in [5.41, 5.74) is 0. The Kier molecular flexibility index (Phi) is 3.66. The van der Waals surface area contributed by atoms with E-state index in [1.807, 2.05) is 6.92 Å². The van der Waals surface area contributed by atoms with Crippen molar-refractivity contribution in [1.29, 1.82) is 0 Å². The van der Waals surface area contributed by atoms with E-state index in [1.165, 1.54) is 4.31 Å². The van der Waals surface area contributed by atoms with Crippen LogP contribution in [-0.4, -0.2) is 43.6 Å². The summed E-state index contributed by atoms with van der Waals surface area (Å²) in [6, 6.07) is 0. The van der Waals surface area contributed by atoms with Crippen molar-refractivity contribution in [2.24, 2.45) is 0 Å². The molecule has 0 saturated carbocycles. The Labute approximate surface area is 78.9 Å². The Balaban J connectivity index is 2.50. The van der Waals surface area contributed by atoms with Crippen LogP contribution in [0, 0.1) is 0 Å². The average molecular weight is 208 g/mol. The van der Waals surface area contributed by atoms with Crippen molar-refractivity contribution >= 4 is 10.2 Å². The van der Waals surface area contributed by atoms with Gasteiger partial charge in [-0.05, 0) is 12.8 Å². The molecule has 1 aliphatic heterocycles. The van der Waals surface area contributed by atoms with Gasteiger partial charge in [-0.25, -0.2) is 4.72 Å². The summed E-state index contributed by atoms with van der Waals surface area (Å²) in [5.74, 6) is 0. The van der Waals surface area contributed by atoms with Gasteiger partial charge in [0.25, 0.3) is 10.2 Å². The Bertz CT molecular complexity index is 252. The third-order valence-electron chi connectivity index (χ3n) is 2.00. The van der Waals surface area contributed by atoms with Gasteiger partial charge in [0.15, 0.2) is 0 Å². The minimum atomic E-state index is -3.33. The van der Waals surface area contributed by atoms with Crippen molar-refractivity contribution in [3.05, 3.63) is 0 Å². The lowest BCUT2D eigenvalue weighted by Crippen LogP contribution is -2.40. The van der Waals surface area contributed by atoms with Gasteiger partial charge in [0.2, 0.25) is 0 Å². The van der Waals surface area contributed by atoms with E-state index in [-0.39, 0.29) is 6.54 Å². The van der Waals surface area contributed by atoms with Gasteiger partial charge in [-0.1, -0.05) is 6.92 Å². The first-order chi connectivity index (χ1) is 6.06. The second-order valence-electron chi connectivity index (χ2n) is 3.20. The van der Waals surface area contributed by atoms with Crippen LogP contribution < -0.4 is 4.72 Å². The third kappa shape index (κ3) is 2.91. The topological polar surface area (TPSA) is 69.6 Å². The highest BCUT2D eigenvalue weighted by Gasteiger charge is 2.29. The third-order valence-corrected chi connectivity index (χ3v) is 3.58. The number of rotatable bonds is 4. The predicted molar refractivity (Wildman–Crippen MR) is 49.4 cm³/mol. The number of β-amino-alcohol motifs (C(OH)–C–C–N with tert-alkyl or cyclic N) is 1. The lowest BCUT2D eigenvalue weighted by Gasteiger charge is -2.15. The number of hydrogen-bond donors (Lipinski definition) is 2. The highest BCUT2D eigenvalue weighted by atomic mass is 32.2. The van der Waals surface area contributed by atoms with E-state index in [9.17, 15) is 8.42 Å². The summed E-state index contributed by atoms with van der Waals surface area (Å²) < 4.78 is 26.6. The molecule has 0 bridgehead atoms. The zero-order valence-corrected chi connectivity index (χ0v) is 8.55. The van der Waals surface area contributed by atoms with Crippen LogP contribution in [-0.2, 0) is 10.2 Å². The molecule has 1 aliphatic rings. The Morgan fingerprint density at radius 3 is 2.77 bits per heavy atom. The zero-order chi connectivity index (χ0) is 9.90. The molecular weight excluding hydrogens is 192 g/mol. The molecular formula is C7H16N2O3S. The number of aliphatic hydroxyl groups is 1. The van der Waals surface area contributed by atoms with Crippen LogP contribution in [0.15, 0.2) is 0 Å². The quantitative estimate of drug-likeness (QED) is 0.641. The van der Waals surface area contributed by atoms with Crippen LogP contribution in [0.25, 0.3) is 0 Å². The molecule has 13 heavy (non-hydrogen) atoms. The molecule has 0 aromatic rings. The molecule has 0 spiro atoms. The lowest BCUT2D eigenvalue weighted by molar-refractivity contribution is 0.189. The molecule has 1 atom stereocenters. The molecule has 0 aromatic heterocycles. The summed E-state index contributed by atoms with van der Waals surface area (Å²) in [5, 5.41) is 9.15. The molecule has 1 rings (SSSR count). The van der Waals surface area contributed by atoms with E-state index in [4.69, 9.17) is 5.11 Å². The lowest BCUT2D eigenvalue weighted by atomic mass is 10.3. The Morgan fingerprint density at radius 1 is 1.62 bits per heavy atom. The van der Waals surface area contributed by atoms with Gasteiger partial charge >= 0.3 is 0 Å². The predicted octanol–water partition coefficient (Wildman–Crippen LogP) is -0.703. The standard InChI is InChI=1S/C7H16N2O3S/c1-2-4-8-13(11,12)9-5-3-7(10)6-9/h7-8,10H,2-6H2,1H3/t7-/m1/s1. The van der Waals surface area contributed by atoms with Crippen LogP contribution in [0.1, 0.15) is 19.8 Å². The monoisotopic (exact) mass is 208 g/mol. The summed E-state index contributed by atoms with van der Waals surface area (Å²) in [6.07, 6.45) is 0.807. The van der Waals surface area contributed by atoms with E-state index < -0.39 is 16.3 Å². The minimum absolute atomic E-state index is 0.221. The molecule has 0 radical (unpaired) electrons. The normalized spacial score (nSPS) is 25.2.